The summed E-state index contributed by atoms with van der Waals surface area (Å²) >= 11 is 0. The first kappa shape index (κ1) is 16.1. The lowest BCUT2D eigenvalue weighted by atomic mass is 10.2. The van der Waals surface area contributed by atoms with Gasteiger partial charge in [-0.05, 0) is 49.5 Å². The van der Waals surface area contributed by atoms with E-state index < -0.39 is 5.97 Å². The Morgan fingerprint density at radius 2 is 2.09 bits per heavy atom. The van der Waals surface area contributed by atoms with Gasteiger partial charge in [-0.2, -0.15) is 0 Å². The Bertz CT molecular complexity index is 547. The van der Waals surface area contributed by atoms with Crippen molar-refractivity contribution in [2.45, 2.75) is 31.8 Å². The molecule has 1 saturated carbocycles. The van der Waals surface area contributed by atoms with E-state index in [1.54, 1.807) is 6.08 Å². The standard InChI is InChI=1S/C17H21NO4/c1-21-17(20)12-18-16(19)10-9-13-5-4-8-15(11-13)22-14-6-2-3-7-14/h4-5,8-11,14H,2-3,6-7,12H2,1H3,(H,18,19)/b10-9+. The van der Waals surface area contributed by atoms with Gasteiger partial charge in [0.2, 0.25) is 5.91 Å². The molecule has 2 rings (SSSR count). The molecule has 0 unspecified atom stereocenters. The van der Waals surface area contributed by atoms with Gasteiger partial charge in [0.05, 0.1) is 13.2 Å². The fourth-order valence-electron chi connectivity index (χ4n) is 2.35. The summed E-state index contributed by atoms with van der Waals surface area (Å²) in [4.78, 5) is 22.5. The molecule has 0 aliphatic heterocycles. The second-order valence-electron chi connectivity index (χ2n) is 5.22. The SMILES string of the molecule is COC(=O)CNC(=O)/C=C/c1cccc(OC2CCCC2)c1. The Kier molecular flexibility index (Phi) is 6.01. The number of carbonyl (C=O) groups excluding carboxylic acids is 2. The van der Waals surface area contributed by atoms with Crippen LogP contribution in [-0.2, 0) is 14.3 Å². The summed E-state index contributed by atoms with van der Waals surface area (Å²) in [6.45, 7) is -0.134. The molecule has 118 valence electrons. The van der Waals surface area contributed by atoms with Crippen molar-refractivity contribution < 1.29 is 19.1 Å². The van der Waals surface area contributed by atoms with Crippen LogP contribution in [0.3, 0.4) is 0 Å². The van der Waals surface area contributed by atoms with Gasteiger partial charge in [0.25, 0.3) is 0 Å². The van der Waals surface area contributed by atoms with Crippen molar-refractivity contribution >= 4 is 18.0 Å². The Labute approximate surface area is 130 Å². The maximum absolute atomic E-state index is 11.6. The Morgan fingerprint density at radius 1 is 1.32 bits per heavy atom. The molecule has 1 aliphatic carbocycles. The zero-order valence-corrected chi connectivity index (χ0v) is 12.7. The highest BCUT2D eigenvalue weighted by Gasteiger charge is 2.16. The molecule has 1 fully saturated rings. The van der Waals surface area contributed by atoms with Crippen molar-refractivity contribution in [1.82, 2.24) is 5.32 Å². The summed E-state index contributed by atoms with van der Waals surface area (Å²) in [5.74, 6) is 0.00486. The van der Waals surface area contributed by atoms with E-state index in [-0.39, 0.29) is 12.5 Å². The first-order chi connectivity index (χ1) is 10.7. The number of ether oxygens (including phenoxy) is 2. The number of amides is 1. The van der Waals surface area contributed by atoms with E-state index in [4.69, 9.17) is 4.74 Å². The molecule has 0 heterocycles. The van der Waals surface area contributed by atoms with Crippen molar-refractivity contribution in [2.24, 2.45) is 0 Å². The summed E-state index contributed by atoms with van der Waals surface area (Å²) in [5.41, 5.74) is 0.878. The lowest BCUT2D eigenvalue weighted by molar-refractivity contribution is -0.140. The first-order valence-corrected chi connectivity index (χ1v) is 7.47. The van der Waals surface area contributed by atoms with Crippen molar-refractivity contribution in [3.8, 4) is 5.75 Å². The predicted molar refractivity (Wildman–Crippen MR) is 83.4 cm³/mol. The van der Waals surface area contributed by atoms with Crippen molar-refractivity contribution in [3.05, 3.63) is 35.9 Å². The summed E-state index contributed by atoms with van der Waals surface area (Å²) in [6, 6.07) is 7.62. The third-order valence-electron chi connectivity index (χ3n) is 3.52. The van der Waals surface area contributed by atoms with Crippen LogP contribution < -0.4 is 10.1 Å². The van der Waals surface area contributed by atoms with Gasteiger partial charge in [0, 0.05) is 6.08 Å². The number of hydrogen-bond acceptors (Lipinski definition) is 4. The average molecular weight is 303 g/mol. The molecule has 0 bridgehead atoms. The van der Waals surface area contributed by atoms with Gasteiger partial charge in [-0.1, -0.05) is 12.1 Å². The molecular formula is C17H21NO4. The number of rotatable bonds is 6. The predicted octanol–water partition coefficient (Wildman–Crippen LogP) is 2.31. The Hall–Kier alpha value is -2.30. The molecule has 1 aromatic carbocycles. The molecule has 0 aromatic heterocycles. The van der Waals surface area contributed by atoms with E-state index in [1.165, 1.54) is 26.0 Å². The van der Waals surface area contributed by atoms with Crippen LogP contribution in [0.1, 0.15) is 31.2 Å². The average Bonchev–Trinajstić information content (AvgIpc) is 3.04. The van der Waals surface area contributed by atoms with Gasteiger partial charge in [-0.25, -0.2) is 0 Å². The third kappa shape index (κ3) is 5.24. The number of methoxy groups -OCH3 is 1. The topological polar surface area (TPSA) is 64.6 Å². The maximum Gasteiger partial charge on any atom is 0.325 e. The van der Waals surface area contributed by atoms with E-state index in [0.717, 1.165) is 24.2 Å². The molecule has 22 heavy (non-hydrogen) atoms. The van der Waals surface area contributed by atoms with Gasteiger partial charge >= 0.3 is 5.97 Å². The minimum Gasteiger partial charge on any atom is -0.490 e. The quantitative estimate of drug-likeness (QED) is 0.647. The number of carbonyl (C=O) groups is 2. The molecule has 5 heteroatoms. The zero-order chi connectivity index (χ0) is 15.8. The highest BCUT2D eigenvalue weighted by molar-refractivity contribution is 5.93. The fourth-order valence-corrected chi connectivity index (χ4v) is 2.35. The monoisotopic (exact) mass is 303 g/mol. The molecular weight excluding hydrogens is 282 g/mol. The number of benzene rings is 1. The van der Waals surface area contributed by atoms with Crippen LogP contribution in [0.4, 0.5) is 0 Å². The molecule has 1 aliphatic rings. The van der Waals surface area contributed by atoms with Gasteiger partial charge < -0.3 is 14.8 Å². The molecule has 5 nitrogen and oxygen atoms in total. The zero-order valence-electron chi connectivity index (χ0n) is 12.7. The summed E-state index contributed by atoms with van der Waals surface area (Å²) < 4.78 is 10.4. The maximum atomic E-state index is 11.6. The molecule has 0 saturated heterocycles. The van der Waals surface area contributed by atoms with E-state index in [0.29, 0.717) is 6.10 Å². The second kappa shape index (κ2) is 8.22. The number of hydrogen-bond donors (Lipinski definition) is 1. The molecule has 1 amide bonds. The van der Waals surface area contributed by atoms with E-state index >= 15 is 0 Å². The van der Waals surface area contributed by atoms with E-state index in [2.05, 4.69) is 10.1 Å². The van der Waals surface area contributed by atoms with Crippen molar-refractivity contribution in [3.63, 3.8) is 0 Å². The minimum absolute atomic E-state index is 0.134. The van der Waals surface area contributed by atoms with Crippen LogP contribution in [-0.4, -0.2) is 31.6 Å². The molecule has 0 atom stereocenters. The fraction of sp³-hybridized carbons (Fsp3) is 0.412. The minimum atomic E-state index is -0.478. The Morgan fingerprint density at radius 3 is 2.82 bits per heavy atom. The van der Waals surface area contributed by atoms with Gasteiger partial charge in [-0.15, -0.1) is 0 Å². The highest BCUT2D eigenvalue weighted by Crippen LogP contribution is 2.24. The molecule has 0 radical (unpaired) electrons. The first-order valence-electron chi connectivity index (χ1n) is 7.47. The van der Waals surface area contributed by atoms with Crippen LogP contribution in [0.5, 0.6) is 5.75 Å². The summed E-state index contributed by atoms with van der Waals surface area (Å²) in [7, 11) is 1.28. The number of nitrogens with one attached hydrogen (secondary N) is 1. The summed E-state index contributed by atoms with van der Waals surface area (Å²) in [6.07, 6.45) is 8.05. The van der Waals surface area contributed by atoms with Crippen molar-refractivity contribution in [2.75, 3.05) is 13.7 Å². The van der Waals surface area contributed by atoms with Gasteiger partial charge in [0.15, 0.2) is 0 Å². The second-order valence-corrected chi connectivity index (χ2v) is 5.22. The normalized spacial score (nSPS) is 15.0. The highest BCUT2D eigenvalue weighted by atomic mass is 16.5. The summed E-state index contributed by atoms with van der Waals surface area (Å²) in [5, 5.41) is 2.45. The third-order valence-corrected chi connectivity index (χ3v) is 3.52. The molecule has 0 spiro atoms. The largest absolute Gasteiger partial charge is 0.490 e. The lowest BCUT2D eigenvalue weighted by Crippen LogP contribution is -2.28. The van der Waals surface area contributed by atoms with Crippen LogP contribution >= 0.6 is 0 Å². The van der Waals surface area contributed by atoms with Crippen molar-refractivity contribution in [1.29, 1.82) is 0 Å². The molecule has 1 N–H and O–H groups in total. The van der Waals surface area contributed by atoms with Crippen LogP contribution in [0.15, 0.2) is 30.3 Å². The van der Waals surface area contributed by atoms with Crippen LogP contribution in [0.2, 0.25) is 0 Å². The van der Waals surface area contributed by atoms with E-state index in [1.807, 2.05) is 24.3 Å². The van der Waals surface area contributed by atoms with Gasteiger partial charge in [-0.3, -0.25) is 9.59 Å². The van der Waals surface area contributed by atoms with Crippen LogP contribution in [0, 0.1) is 0 Å². The smallest absolute Gasteiger partial charge is 0.325 e. The van der Waals surface area contributed by atoms with Gasteiger partial charge in [0.1, 0.15) is 12.3 Å². The van der Waals surface area contributed by atoms with Crippen LogP contribution in [0.25, 0.3) is 6.08 Å². The molecule has 1 aromatic rings. The van der Waals surface area contributed by atoms with E-state index in [9.17, 15) is 9.59 Å². The lowest BCUT2D eigenvalue weighted by Gasteiger charge is -2.13. The Balaban J connectivity index is 1.87. The number of esters is 1.